The van der Waals surface area contributed by atoms with Crippen molar-refractivity contribution in [3.05, 3.63) is 66.9 Å². The fourth-order valence-corrected chi connectivity index (χ4v) is 4.03. The summed E-state index contributed by atoms with van der Waals surface area (Å²) in [5, 5.41) is 5.22. The zero-order chi connectivity index (χ0) is 22.4. The van der Waals surface area contributed by atoms with Crippen molar-refractivity contribution in [1.82, 2.24) is 24.7 Å². The van der Waals surface area contributed by atoms with E-state index in [1.54, 1.807) is 9.58 Å². The maximum absolute atomic E-state index is 14.4. The number of carbonyl (C=O) groups is 1. The number of hydrogen-bond donors (Lipinski definition) is 1. The van der Waals surface area contributed by atoms with Crippen molar-refractivity contribution in [2.24, 2.45) is 0 Å². The predicted molar refractivity (Wildman–Crippen MR) is 117 cm³/mol. The number of hydrogen-bond acceptors (Lipinski definition) is 7. The van der Waals surface area contributed by atoms with Crippen molar-refractivity contribution in [2.45, 2.75) is 6.04 Å². The van der Waals surface area contributed by atoms with Crippen LogP contribution in [0.25, 0.3) is 22.3 Å². The Morgan fingerprint density at radius 3 is 2.88 bits per heavy atom. The second kappa shape index (κ2) is 7.41. The molecule has 1 aliphatic rings. The summed E-state index contributed by atoms with van der Waals surface area (Å²) in [5.74, 6) is -0.757. The third-order valence-corrected chi connectivity index (χ3v) is 5.47. The highest BCUT2D eigenvalue weighted by Gasteiger charge is 2.35. The van der Waals surface area contributed by atoms with E-state index in [0.29, 0.717) is 28.8 Å². The molecule has 2 N–H and O–H groups in total. The van der Waals surface area contributed by atoms with Crippen LogP contribution in [0.1, 0.15) is 11.6 Å². The lowest BCUT2D eigenvalue weighted by atomic mass is 10.1. The summed E-state index contributed by atoms with van der Waals surface area (Å²) in [6, 6.07) is 8.51. The number of carbonyl (C=O) groups excluding carboxylic acids is 1. The number of rotatable bonds is 4. The number of fused-ring (bicyclic) bond motifs is 2. The fourth-order valence-electron chi connectivity index (χ4n) is 4.03. The standard InChI is InChI=1S/C22H18FN7O2/c1-3-17(31)29-10-16(13-6-4-5-7-15(13)29)30-21-18(20(24)26-11-27-21)19(28-30)12-8-14(23)22(32-2)25-9-12/h3-9,11,16H,1,10H2,2H3,(H2,24,26,27). The lowest BCUT2D eigenvalue weighted by Gasteiger charge is -2.16. The van der Waals surface area contributed by atoms with Gasteiger partial charge in [-0.1, -0.05) is 24.8 Å². The molecule has 1 aliphatic heterocycles. The Bertz CT molecular complexity index is 1380. The van der Waals surface area contributed by atoms with Crippen molar-refractivity contribution in [2.75, 3.05) is 24.3 Å². The summed E-state index contributed by atoms with van der Waals surface area (Å²) in [6.45, 7) is 3.93. The van der Waals surface area contributed by atoms with Gasteiger partial charge in [-0.05, 0) is 18.2 Å². The van der Waals surface area contributed by atoms with Crippen LogP contribution in [0.4, 0.5) is 15.9 Å². The fraction of sp³-hybridized carbons (Fsp3) is 0.136. The van der Waals surface area contributed by atoms with E-state index in [1.165, 1.54) is 31.8 Å². The number of anilines is 2. The Labute approximate surface area is 182 Å². The zero-order valence-corrected chi connectivity index (χ0v) is 17.1. The van der Waals surface area contributed by atoms with Gasteiger partial charge in [0.15, 0.2) is 11.5 Å². The number of methoxy groups -OCH3 is 1. The van der Waals surface area contributed by atoms with Crippen LogP contribution in [0, 0.1) is 5.82 Å². The van der Waals surface area contributed by atoms with Crippen LogP contribution in [0.5, 0.6) is 5.88 Å². The number of pyridine rings is 1. The van der Waals surface area contributed by atoms with E-state index in [-0.39, 0.29) is 23.6 Å². The average molecular weight is 431 g/mol. The number of ether oxygens (including phenoxy) is 1. The Hall–Kier alpha value is -4.34. The van der Waals surface area contributed by atoms with Crippen molar-refractivity contribution >= 4 is 28.4 Å². The lowest BCUT2D eigenvalue weighted by molar-refractivity contribution is -0.114. The average Bonchev–Trinajstić information content (AvgIpc) is 3.38. The maximum atomic E-state index is 14.4. The molecule has 1 aromatic carbocycles. The lowest BCUT2D eigenvalue weighted by Crippen LogP contribution is -2.29. The first-order valence-corrected chi connectivity index (χ1v) is 9.75. The molecule has 0 aliphatic carbocycles. The molecule has 4 aromatic rings. The normalized spacial score (nSPS) is 15.1. The number of para-hydroxylation sites is 1. The van der Waals surface area contributed by atoms with Crippen LogP contribution in [-0.2, 0) is 4.79 Å². The highest BCUT2D eigenvalue weighted by Crippen LogP contribution is 2.40. The zero-order valence-electron chi connectivity index (χ0n) is 17.1. The molecule has 3 aromatic heterocycles. The summed E-state index contributed by atoms with van der Waals surface area (Å²) in [4.78, 5) is 26.6. The predicted octanol–water partition coefficient (Wildman–Crippen LogP) is 2.74. The minimum Gasteiger partial charge on any atom is -0.479 e. The number of benzene rings is 1. The minimum atomic E-state index is -0.628. The Kier molecular flexibility index (Phi) is 4.54. The number of amides is 1. The van der Waals surface area contributed by atoms with Gasteiger partial charge in [0.05, 0.1) is 25.1 Å². The van der Waals surface area contributed by atoms with E-state index in [0.717, 1.165) is 11.3 Å². The summed E-state index contributed by atoms with van der Waals surface area (Å²) in [6.07, 6.45) is 4.08. The van der Waals surface area contributed by atoms with Gasteiger partial charge in [0.1, 0.15) is 17.8 Å². The second-order valence-electron chi connectivity index (χ2n) is 7.19. The highest BCUT2D eigenvalue weighted by molar-refractivity contribution is 6.03. The molecule has 0 saturated carbocycles. The number of aromatic nitrogens is 5. The van der Waals surface area contributed by atoms with Gasteiger partial charge < -0.3 is 15.4 Å². The first-order valence-electron chi connectivity index (χ1n) is 9.75. The summed E-state index contributed by atoms with van der Waals surface area (Å²) in [7, 11) is 1.34. The van der Waals surface area contributed by atoms with Gasteiger partial charge in [-0.15, -0.1) is 0 Å². The molecule has 5 rings (SSSR count). The van der Waals surface area contributed by atoms with E-state index in [2.05, 4.69) is 21.5 Å². The third-order valence-electron chi connectivity index (χ3n) is 5.47. The molecule has 10 heteroatoms. The first kappa shape index (κ1) is 19.6. The number of halogens is 1. The molecule has 1 amide bonds. The molecular formula is C22H18FN7O2. The minimum absolute atomic E-state index is 0.120. The van der Waals surface area contributed by atoms with Gasteiger partial charge in [0.25, 0.3) is 0 Å². The van der Waals surface area contributed by atoms with E-state index < -0.39 is 5.82 Å². The number of nitrogens with two attached hydrogens (primary N) is 1. The number of nitrogen functional groups attached to an aromatic ring is 1. The van der Waals surface area contributed by atoms with Crippen molar-refractivity contribution in [3.8, 4) is 17.1 Å². The van der Waals surface area contributed by atoms with E-state index in [1.807, 2.05) is 24.3 Å². The molecule has 0 radical (unpaired) electrons. The van der Waals surface area contributed by atoms with Gasteiger partial charge in [-0.25, -0.2) is 24.0 Å². The summed E-state index contributed by atoms with van der Waals surface area (Å²) < 4.78 is 21.0. The summed E-state index contributed by atoms with van der Waals surface area (Å²) in [5.41, 5.74) is 9.10. The van der Waals surface area contributed by atoms with Crippen LogP contribution in [0.2, 0.25) is 0 Å². The quantitative estimate of drug-likeness (QED) is 0.495. The van der Waals surface area contributed by atoms with Crippen LogP contribution < -0.4 is 15.4 Å². The van der Waals surface area contributed by atoms with Crippen LogP contribution in [0.15, 0.2) is 55.5 Å². The molecule has 0 saturated heterocycles. The van der Waals surface area contributed by atoms with Crippen molar-refractivity contribution in [3.63, 3.8) is 0 Å². The molecule has 1 atom stereocenters. The van der Waals surface area contributed by atoms with Gasteiger partial charge in [-0.3, -0.25) is 4.79 Å². The van der Waals surface area contributed by atoms with Gasteiger partial charge in [0.2, 0.25) is 11.8 Å². The molecule has 1 unspecified atom stereocenters. The highest BCUT2D eigenvalue weighted by atomic mass is 19.1. The van der Waals surface area contributed by atoms with Gasteiger partial charge in [0, 0.05) is 23.0 Å². The van der Waals surface area contributed by atoms with Gasteiger partial charge >= 0.3 is 0 Å². The molecule has 4 heterocycles. The Morgan fingerprint density at radius 1 is 1.31 bits per heavy atom. The summed E-state index contributed by atoms with van der Waals surface area (Å²) >= 11 is 0. The SMILES string of the molecule is C=CC(=O)N1CC(n2nc(-c3cnc(OC)c(F)c3)c3c(N)ncnc32)c2ccccc21. The molecule has 32 heavy (non-hydrogen) atoms. The molecule has 160 valence electrons. The third kappa shape index (κ3) is 2.88. The van der Waals surface area contributed by atoms with Gasteiger partial charge in [-0.2, -0.15) is 5.10 Å². The second-order valence-corrected chi connectivity index (χ2v) is 7.19. The van der Waals surface area contributed by atoms with E-state index in [4.69, 9.17) is 15.6 Å². The largest absolute Gasteiger partial charge is 0.479 e. The topological polar surface area (TPSA) is 112 Å². The first-order chi connectivity index (χ1) is 15.5. The molecule has 0 fully saturated rings. The van der Waals surface area contributed by atoms with E-state index in [9.17, 15) is 9.18 Å². The molecule has 0 bridgehead atoms. The smallest absolute Gasteiger partial charge is 0.250 e. The van der Waals surface area contributed by atoms with Crippen molar-refractivity contribution in [1.29, 1.82) is 0 Å². The maximum Gasteiger partial charge on any atom is 0.250 e. The van der Waals surface area contributed by atoms with Crippen LogP contribution >= 0.6 is 0 Å². The van der Waals surface area contributed by atoms with Crippen LogP contribution in [0.3, 0.4) is 0 Å². The Balaban J connectivity index is 1.72. The molecule has 9 nitrogen and oxygen atoms in total. The molecular weight excluding hydrogens is 413 g/mol. The van der Waals surface area contributed by atoms with E-state index >= 15 is 0 Å². The number of nitrogens with zero attached hydrogens (tertiary/aromatic N) is 6. The molecule has 0 spiro atoms. The Morgan fingerprint density at radius 2 is 2.12 bits per heavy atom. The van der Waals surface area contributed by atoms with Crippen molar-refractivity contribution < 1.29 is 13.9 Å². The monoisotopic (exact) mass is 431 g/mol. The van der Waals surface area contributed by atoms with Crippen LogP contribution in [-0.4, -0.2) is 44.3 Å².